The summed E-state index contributed by atoms with van der Waals surface area (Å²) in [4.78, 5) is 14.7. The van der Waals surface area contributed by atoms with Gasteiger partial charge in [0, 0.05) is 12.6 Å². The number of nitrogens with zero attached hydrogens (tertiary/aromatic N) is 1. The van der Waals surface area contributed by atoms with Crippen LogP contribution in [-0.2, 0) is 14.1 Å². The van der Waals surface area contributed by atoms with E-state index in [1.165, 1.54) is 12.2 Å². The number of hydrogen-bond donors (Lipinski definition) is 0. The zero-order chi connectivity index (χ0) is 19.7. The Morgan fingerprint density at radius 1 is 1.31 bits per heavy atom. The fourth-order valence-electron chi connectivity index (χ4n) is 3.16. The van der Waals surface area contributed by atoms with E-state index in [9.17, 15) is 9.18 Å². The van der Waals surface area contributed by atoms with E-state index in [2.05, 4.69) is 6.58 Å². The van der Waals surface area contributed by atoms with E-state index in [1.807, 2.05) is 41.5 Å². The Hall–Kier alpha value is -1.40. The standard InChI is InChI=1S/C20H31BFNO3/c1-8-10-17(22)16(18(24)23-12-9-11-15(23)3)13-14(2)21-25-19(4,5)20(6,7)26-21/h10,13,15H,2,8-9,11-12H2,1,3-7H3/b16-13+,17-10+. The maximum atomic E-state index is 14.7. The summed E-state index contributed by atoms with van der Waals surface area (Å²) in [5.41, 5.74) is -0.557. The first-order valence-electron chi connectivity index (χ1n) is 9.43. The summed E-state index contributed by atoms with van der Waals surface area (Å²) in [5, 5.41) is 0. The molecule has 1 amide bonds. The van der Waals surface area contributed by atoms with Gasteiger partial charge >= 0.3 is 7.12 Å². The van der Waals surface area contributed by atoms with E-state index in [1.54, 1.807) is 4.90 Å². The quantitative estimate of drug-likeness (QED) is 0.414. The van der Waals surface area contributed by atoms with E-state index < -0.39 is 24.1 Å². The maximum absolute atomic E-state index is 14.7. The molecular weight excluding hydrogens is 332 g/mol. The molecule has 1 atom stereocenters. The van der Waals surface area contributed by atoms with Crippen LogP contribution in [-0.4, -0.2) is 41.7 Å². The number of likely N-dealkylation sites (tertiary alicyclic amines) is 1. The third-order valence-corrected chi connectivity index (χ3v) is 5.57. The molecule has 0 aromatic heterocycles. The van der Waals surface area contributed by atoms with Gasteiger partial charge in [-0.2, -0.15) is 0 Å². The van der Waals surface area contributed by atoms with Crippen LogP contribution < -0.4 is 0 Å². The van der Waals surface area contributed by atoms with Crippen LogP contribution in [0, 0.1) is 0 Å². The first-order chi connectivity index (χ1) is 12.0. The lowest BCUT2D eigenvalue weighted by molar-refractivity contribution is -0.127. The van der Waals surface area contributed by atoms with Gasteiger partial charge in [0.05, 0.1) is 16.8 Å². The van der Waals surface area contributed by atoms with Crippen molar-refractivity contribution in [1.82, 2.24) is 4.90 Å². The van der Waals surface area contributed by atoms with Crippen molar-refractivity contribution in [3.63, 3.8) is 0 Å². The van der Waals surface area contributed by atoms with E-state index in [0.717, 1.165) is 12.8 Å². The third-order valence-electron chi connectivity index (χ3n) is 5.57. The summed E-state index contributed by atoms with van der Waals surface area (Å²) in [6.07, 6.45) is 5.29. The third kappa shape index (κ3) is 4.12. The summed E-state index contributed by atoms with van der Waals surface area (Å²) in [5.74, 6) is -0.816. The Morgan fingerprint density at radius 2 is 1.88 bits per heavy atom. The van der Waals surface area contributed by atoms with Gasteiger partial charge in [-0.25, -0.2) is 4.39 Å². The Morgan fingerprint density at radius 3 is 2.35 bits per heavy atom. The molecule has 2 aliphatic heterocycles. The average molecular weight is 363 g/mol. The first kappa shape index (κ1) is 20.9. The van der Waals surface area contributed by atoms with Gasteiger partial charge < -0.3 is 14.2 Å². The monoisotopic (exact) mass is 363 g/mol. The molecule has 0 N–H and O–H groups in total. The van der Waals surface area contributed by atoms with Crippen LogP contribution >= 0.6 is 0 Å². The summed E-state index contributed by atoms with van der Waals surface area (Å²) in [6.45, 7) is 16.2. The number of hydrogen-bond acceptors (Lipinski definition) is 3. The van der Waals surface area contributed by atoms with Crippen LogP contribution in [0.25, 0.3) is 0 Å². The molecule has 0 saturated carbocycles. The Kier molecular flexibility index (Phi) is 6.18. The predicted molar refractivity (Wildman–Crippen MR) is 103 cm³/mol. The highest BCUT2D eigenvalue weighted by atomic mass is 19.1. The SMILES string of the molecule is C=C(/C=C(C(=O)N1CCCC1C)\C(F)=C/CC)B1OC(C)(C)C(C)(C)O1. The van der Waals surface area contributed by atoms with Gasteiger partial charge in [0.25, 0.3) is 5.91 Å². The van der Waals surface area contributed by atoms with Crippen LogP contribution in [0.15, 0.2) is 35.6 Å². The molecule has 144 valence electrons. The molecule has 2 fully saturated rings. The lowest BCUT2D eigenvalue weighted by Crippen LogP contribution is -2.41. The minimum absolute atomic E-state index is 0.0281. The molecule has 2 heterocycles. The van der Waals surface area contributed by atoms with Gasteiger partial charge in [-0.05, 0) is 71.5 Å². The number of allylic oxidation sites excluding steroid dienone is 3. The van der Waals surface area contributed by atoms with Crippen LogP contribution in [0.2, 0.25) is 0 Å². The molecule has 26 heavy (non-hydrogen) atoms. The second-order valence-electron chi connectivity index (χ2n) is 8.17. The highest BCUT2D eigenvalue weighted by Gasteiger charge is 2.51. The molecule has 4 nitrogen and oxygen atoms in total. The molecular formula is C20H31BFNO3. The van der Waals surface area contributed by atoms with Crippen molar-refractivity contribution < 1.29 is 18.5 Å². The molecule has 0 aromatic rings. The van der Waals surface area contributed by atoms with Crippen LogP contribution in [0.5, 0.6) is 0 Å². The second kappa shape index (κ2) is 7.69. The predicted octanol–water partition coefficient (Wildman–Crippen LogP) is 4.37. The molecule has 1 unspecified atom stereocenters. The molecule has 2 aliphatic rings. The molecule has 0 radical (unpaired) electrons. The van der Waals surface area contributed by atoms with Gasteiger partial charge in [0.1, 0.15) is 5.83 Å². The topological polar surface area (TPSA) is 38.8 Å². The maximum Gasteiger partial charge on any atom is 0.494 e. The molecule has 0 aliphatic carbocycles. The minimum atomic E-state index is -0.701. The first-order valence-corrected chi connectivity index (χ1v) is 9.43. The summed E-state index contributed by atoms with van der Waals surface area (Å²) in [7, 11) is -0.701. The van der Waals surface area contributed by atoms with Crippen molar-refractivity contribution in [2.24, 2.45) is 0 Å². The second-order valence-corrected chi connectivity index (χ2v) is 8.17. The van der Waals surface area contributed by atoms with Gasteiger partial charge in [0.2, 0.25) is 0 Å². The fourth-order valence-corrected chi connectivity index (χ4v) is 3.16. The van der Waals surface area contributed by atoms with Crippen molar-refractivity contribution in [3.05, 3.63) is 35.6 Å². The van der Waals surface area contributed by atoms with Gasteiger partial charge in [-0.15, -0.1) is 0 Å². The van der Waals surface area contributed by atoms with Crippen molar-refractivity contribution in [3.8, 4) is 0 Å². The molecule has 6 heteroatoms. The summed E-state index contributed by atoms with van der Waals surface area (Å²) < 4.78 is 26.6. The molecule has 0 bridgehead atoms. The van der Waals surface area contributed by atoms with Crippen molar-refractivity contribution in [2.75, 3.05) is 6.54 Å². The Labute approximate surface area is 157 Å². The van der Waals surface area contributed by atoms with E-state index >= 15 is 0 Å². The number of amides is 1. The lowest BCUT2D eigenvalue weighted by atomic mass is 9.78. The normalized spacial score (nSPS) is 25.7. The Balaban J connectivity index is 2.29. The summed E-state index contributed by atoms with van der Waals surface area (Å²) >= 11 is 0. The largest absolute Gasteiger partial charge is 0.494 e. The number of halogens is 1. The average Bonchev–Trinajstić information content (AvgIpc) is 3.05. The van der Waals surface area contributed by atoms with Crippen molar-refractivity contribution >= 4 is 13.0 Å². The van der Waals surface area contributed by atoms with E-state index in [4.69, 9.17) is 9.31 Å². The molecule has 0 aromatic carbocycles. The lowest BCUT2D eigenvalue weighted by Gasteiger charge is -2.32. The number of rotatable bonds is 5. The van der Waals surface area contributed by atoms with Crippen LogP contribution in [0.1, 0.15) is 60.8 Å². The number of carbonyl (C=O) groups is 1. The Bertz CT molecular complexity index is 623. The zero-order valence-electron chi connectivity index (χ0n) is 16.9. The molecule has 0 spiro atoms. The zero-order valence-corrected chi connectivity index (χ0v) is 16.9. The smallest absolute Gasteiger partial charge is 0.399 e. The van der Waals surface area contributed by atoms with Crippen molar-refractivity contribution in [1.29, 1.82) is 0 Å². The molecule has 2 saturated heterocycles. The van der Waals surface area contributed by atoms with E-state index in [-0.39, 0.29) is 17.5 Å². The highest BCUT2D eigenvalue weighted by Crippen LogP contribution is 2.39. The van der Waals surface area contributed by atoms with E-state index in [0.29, 0.717) is 18.4 Å². The highest BCUT2D eigenvalue weighted by molar-refractivity contribution is 6.55. The fraction of sp³-hybridized carbons (Fsp3) is 0.650. The van der Waals surface area contributed by atoms with Crippen LogP contribution in [0.4, 0.5) is 4.39 Å². The minimum Gasteiger partial charge on any atom is -0.399 e. The van der Waals surface area contributed by atoms with Crippen LogP contribution in [0.3, 0.4) is 0 Å². The van der Waals surface area contributed by atoms with Gasteiger partial charge in [0.15, 0.2) is 0 Å². The number of carbonyl (C=O) groups excluding carboxylic acids is 1. The summed E-state index contributed by atoms with van der Waals surface area (Å²) in [6, 6.07) is 0.116. The van der Waals surface area contributed by atoms with Gasteiger partial charge in [-0.3, -0.25) is 4.79 Å². The van der Waals surface area contributed by atoms with Crippen molar-refractivity contribution in [2.45, 2.75) is 78.0 Å². The molecule has 2 rings (SSSR count). The van der Waals surface area contributed by atoms with Gasteiger partial charge in [-0.1, -0.05) is 13.5 Å².